The predicted molar refractivity (Wildman–Crippen MR) is 98.5 cm³/mol. The molecule has 0 aromatic heterocycles. The van der Waals surface area contributed by atoms with Crippen LogP contribution in [0.1, 0.15) is 77.6 Å². The second-order valence-corrected chi connectivity index (χ2v) is 7.12. The third kappa shape index (κ3) is 11.0. The molecule has 0 radical (unpaired) electrons. The molecule has 0 bridgehead atoms. The number of quaternary nitrogens is 1. The molecule has 0 aliphatic carbocycles. The van der Waals surface area contributed by atoms with Crippen molar-refractivity contribution in [2.75, 3.05) is 39.4 Å². The first kappa shape index (κ1) is 21.4. The van der Waals surface area contributed by atoms with Crippen molar-refractivity contribution < 1.29 is 14.2 Å². The van der Waals surface area contributed by atoms with Crippen molar-refractivity contribution in [3.8, 4) is 0 Å². The lowest BCUT2D eigenvalue weighted by atomic mass is 10.1. The van der Waals surface area contributed by atoms with Crippen LogP contribution >= 0.6 is 0 Å². The number of hydrogen-bond acceptors (Lipinski definition) is 3. The van der Waals surface area contributed by atoms with Gasteiger partial charge in [-0.05, 0) is 6.42 Å². The Morgan fingerprint density at radius 1 is 0.958 bits per heavy atom. The molecule has 1 aliphatic rings. The van der Waals surface area contributed by atoms with Crippen molar-refractivity contribution in [2.24, 2.45) is 0 Å². The molecule has 1 rings (SSSR count). The van der Waals surface area contributed by atoms with E-state index in [0.717, 1.165) is 19.3 Å². The maximum Gasteiger partial charge on any atom is 0.219 e. The fraction of sp³-hybridized carbons (Fsp3) is 0.947. The number of hydrogen-bond donors (Lipinski definition) is 1. The molecule has 1 heterocycles. The molecular weight excluding hydrogens is 304 g/mol. The summed E-state index contributed by atoms with van der Waals surface area (Å²) in [6.45, 7) is 5.68. The fourth-order valence-electron chi connectivity index (χ4n) is 3.18. The number of unbranched alkanes of at least 4 members (excludes halogenated alkanes) is 8. The van der Waals surface area contributed by atoms with Gasteiger partial charge < -0.3 is 19.9 Å². The van der Waals surface area contributed by atoms with Gasteiger partial charge in [0.25, 0.3) is 0 Å². The normalized spacial score (nSPS) is 16.9. The van der Waals surface area contributed by atoms with Gasteiger partial charge in [-0.3, -0.25) is 4.79 Å². The minimum Gasteiger partial charge on any atom is -0.633 e. The summed E-state index contributed by atoms with van der Waals surface area (Å²) < 4.78 is 5.06. The van der Waals surface area contributed by atoms with E-state index >= 15 is 0 Å². The van der Waals surface area contributed by atoms with E-state index in [2.05, 4.69) is 12.2 Å². The number of morpholine rings is 1. The van der Waals surface area contributed by atoms with Crippen LogP contribution in [0.5, 0.6) is 0 Å². The Hall–Kier alpha value is -0.650. The van der Waals surface area contributed by atoms with Crippen LogP contribution in [-0.4, -0.2) is 49.9 Å². The summed E-state index contributed by atoms with van der Waals surface area (Å²) in [7, 11) is 0. The first-order valence-corrected chi connectivity index (χ1v) is 10.1. The lowest BCUT2D eigenvalue weighted by Crippen LogP contribution is -2.51. The maximum atomic E-state index is 12.3. The third-order valence-electron chi connectivity index (χ3n) is 4.86. The van der Waals surface area contributed by atoms with E-state index in [0.29, 0.717) is 45.8 Å². The summed E-state index contributed by atoms with van der Waals surface area (Å²) in [5.41, 5.74) is 0. The van der Waals surface area contributed by atoms with Crippen LogP contribution < -0.4 is 5.32 Å². The van der Waals surface area contributed by atoms with Crippen molar-refractivity contribution in [1.29, 1.82) is 0 Å². The standard InChI is InChI=1S/C19H38N2O3/c1-2-3-4-5-6-7-8-9-10-12-19(22)20-13-11-14-21(23)15-17-24-18-16-21/h2-18H2,1H3,(H,20,22). The van der Waals surface area contributed by atoms with Gasteiger partial charge in [0.05, 0.1) is 19.8 Å². The quantitative estimate of drug-likeness (QED) is 0.297. The van der Waals surface area contributed by atoms with E-state index in [1.165, 1.54) is 44.9 Å². The summed E-state index contributed by atoms with van der Waals surface area (Å²) in [5.74, 6) is 0.136. The molecule has 0 aromatic rings. The first-order valence-electron chi connectivity index (χ1n) is 10.1. The second-order valence-electron chi connectivity index (χ2n) is 7.12. The highest BCUT2D eigenvalue weighted by molar-refractivity contribution is 5.75. The Morgan fingerprint density at radius 2 is 1.54 bits per heavy atom. The molecule has 0 atom stereocenters. The van der Waals surface area contributed by atoms with E-state index in [-0.39, 0.29) is 10.6 Å². The maximum absolute atomic E-state index is 12.3. The van der Waals surface area contributed by atoms with Gasteiger partial charge in [-0.1, -0.05) is 58.3 Å². The Kier molecular flexibility index (Phi) is 12.1. The monoisotopic (exact) mass is 342 g/mol. The zero-order valence-electron chi connectivity index (χ0n) is 15.7. The van der Waals surface area contributed by atoms with Gasteiger partial charge in [0.1, 0.15) is 13.1 Å². The van der Waals surface area contributed by atoms with Crippen LogP contribution in [0.4, 0.5) is 0 Å². The van der Waals surface area contributed by atoms with Gasteiger partial charge >= 0.3 is 0 Å². The molecule has 0 aromatic carbocycles. The molecule has 142 valence electrons. The highest BCUT2D eigenvalue weighted by Crippen LogP contribution is 2.11. The molecule has 0 unspecified atom stereocenters. The molecule has 5 heteroatoms. The van der Waals surface area contributed by atoms with Gasteiger partial charge in [0.2, 0.25) is 5.91 Å². The summed E-state index contributed by atoms with van der Waals surface area (Å²) in [6, 6.07) is 0. The number of hydroxylamine groups is 3. The zero-order valence-corrected chi connectivity index (χ0v) is 15.7. The van der Waals surface area contributed by atoms with E-state index in [9.17, 15) is 10.0 Å². The highest BCUT2D eigenvalue weighted by Gasteiger charge is 2.20. The molecule has 0 saturated carbocycles. The van der Waals surface area contributed by atoms with Crippen LogP contribution in [0.15, 0.2) is 0 Å². The molecule has 5 nitrogen and oxygen atoms in total. The molecule has 24 heavy (non-hydrogen) atoms. The number of rotatable bonds is 14. The van der Waals surface area contributed by atoms with E-state index < -0.39 is 0 Å². The molecule has 1 saturated heterocycles. The van der Waals surface area contributed by atoms with E-state index in [4.69, 9.17) is 4.74 Å². The highest BCUT2D eigenvalue weighted by atomic mass is 16.6. The van der Waals surface area contributed by atoms with E-state index in [1.807, 2.05) is 0 Å². The van der Waals surface area contributed by atoms with Gasteiger partial charge in [-0.25, -0.2) is 0 Å². The molecule has 0 spiro atoms. The minimum absolute atomic E-state index is 0.136. The Bertz CT molecular complexity index is 318. The predicted octanol–water partition coefficient (Wildman–Crippen LogP) is 3.76. The SMILES string of the molecule is CCCCCCCCCCCC(=O)NCCC[N+]1([O-])CCOCC1. The number of amides is 1. The third-order valence-corrected chi connectivity index (χ3v) is 4.86. The Morgan fingerprint density at radius 3 is 2.17 bits per heavy atom. The molecule has 1 aliphatic heterocycles. The average molecular weight is 343 g/mol. The van der Waals surface area contributed by atoms with Crippen LogP contribution in [0.3, 0.4) is 0 Å². The number of ether oxygens (including phenoxy) is 1. The lowest BCUT2D eigenvalue weighted by molar-refractivity contribution is -0.888. The topological polar surface area (TPSA) is 61.4 Å². The van der Waals surface area contributed by atoms with Crippen molar-refractivity contribution in [1.82, 2.24) is 5.32 Å². The average Bonchev–Trinajstić information content (AvgIpc) is 2.58. The van der Waals surface area contributed by atoms with Crippen molar-refractivity contribution in [3.05, 3.63) is 5.21 Å². The lowest BCUT2D eigenvalue weighted by Gasteiger charge is -2.45. The van der Waals surface area contributed by atoms with Gasteiger partial charge in [-0.15, -0.1) is 0 Å². The van der Waals surface area contributed by atoms with Gasteiger partial charge in [-0.2, -0.15) is 0 Å². The van der Waals surface area contributed by atoms with Crippen LogP contribution in [-0.2, 0) is 9.53 Å². The number of carbonyl (C=O) groups is 1. The molecule has 1 fully saturated rings. The van der Waals surface area contributed by atoms with E-state index in [1.54, 1.807) is 0 Å². The Balaban J connectivity index is 1.86. The first-order chi connectivity index (χ1) is 11.7. The Labute approximate surface area is 148 Å². The van der Waals surface area contributed by atoms with Crippen molar-refractivity contribution in [2.45, 2.75) is 77.6 Å². The second kappa shape index (κ2) is 13.6. The largest absolute Gasteiger partial charge is 0.633 e. The summed E-state index contributed by atoms with van der Waals surface area (Å²) in [6.07, 6.45) is 12.8. The van der Waals surface area contributed by atoms with Crippen LogP contribution in [0.2, 0.25) is 0 Å². The van der Waals surface area contributed by atoms with Crippen molar-refractivity contribution >= 4 is 5.91 Å². The molecule has 1 N–H and O–H groups in total. The van der Waals surface area contributed by atoms with Gasteiger partial charge in [0.15, 0.2) is 0 Å². The smallest absolute Gasteiger partial charge is 0.219 e. The summed E-state index contributed by atoms with van der Waals surface area (Å²) in [4.78, 5) is 11.8. The summed E-state index contributed by atoms with van der Waals surface area (Å²) >= 11 is 0. The fourth-order valence-corrected chi connectivity index (χ4v) is 3.18. The summed E-state index contributed by atoms with van der Waals surface area (Å²) in [5, 5.41) is 15.2. The molecular formula is C19H38N2O3. The van der Waals surface area contributed by atoms with Crippen molar-refractivity contribution in [3.63, 3.8) is 0 Å². The molecule has 1 amide bonds. The number of nitrogens with one attached hydrogen (secondary N) is 1. The zero-order chi connectivity index (χ0) is 17.5. The van der Waals surface area contributed by atoms with Crippen LogP contribution in [0.25, 0.3) is 0 Å². The van der Waals surface area contributed by atoms with Gasteiger partial charge in [0, 0.05) is 19.4 Å². The number of carbonyl (C=O) groups excluding carboxylic acids is 1. The van der Waals surface area contributed by atoms with Crippen LogP contribution in [0, 0.1) is 5.21 Å². The number of nitrogens with zero attached hydrogens (tertiary/aromatic N) is 1. The minimum atomic E-state index is -0.159.